The summed E-state index contributed by atoms with van der Waals surface area (Å²) in [4.78, 5) is 23.0. The molecule has 2 rings (SSSR count). The van der Waals surface area contributed by atoms with Crippen LogP contribution in [0.5, 0.6) is 0 Å². The van der Waals surface area contributed by atoms with E-state index in [1.54, 1.807) is 6.07 Å². The van der Waals surface area contributed by atoms with E-state index in [0.29, 0.717) is 11.5 Å². The van der Waals surface area contributed by atoms with Crippen molar-refractivity contribution in [1.82, 2.24) is 5.32 Å². The first-order valence-corrected chi connectivity index (χ1v) is 6.57. The van der Waals surface area contributed by atoms with Gasteiger partial charge in [-0.2, -0.15) is 0 Å². The summed E-state index contributed by atoms with van der Waals surface area (Å²) in [6.45, 7) is 3.87. The van der Waals surface area contributed by atoms with E-state index >= 15 is 0 Å². The van der Waals surface area contributed by atoms with Gasteiger partial charge in [0, 0.05) is 11.6 Å². The van der Waals surface area contributed by atoms with Gasteiger partial charge in [0.15, 0.2) is 0 Å². The molecule has 0 aromatic heterocycles. The summed E-state index contributed by atoms with van der Waals surface area (Å²) in [5, 5.41) is 11.8. The van der Waals surface area contributed by atoms with Crippen LogP contribution in [0.4, 0.5) is 0 Å². The highest BCUT2D eigenvalue weighted by Gasteiger charge is 2.34. The summed E-state index contributed by atoms with van der Waals surface area (Å²) in [5.74, 6) is -0.709. The molecule has 0 radical (unpaired) electrons. The molecule has 0 heterocycles. The molecule has 1 aliphatic rings. The molecule has 102 valence electrons. The summed E-state index contributed by atoms with van der Waals surface area (Å²) in [6, 6.07) is 5.40. The number of benzene rings is 1. The molecule has 0 saturated heterocycles. The van der Waals surface area contributed by atoms with Crippen molar-refractivity contribution in [3.63, 3.8) is 0 Å². The molecule has 4 heteroatoms. The molecule has 1 aromatic rings. The maximum atomic E-state index is 12.2. The average Bonchev–Trinajstić information content (AvgIpc) is 3.10. The van der Waals surface area contributed by atoms with Crippen LogP contribution in [0.1, 0.15) is 40.7 Å². The Morgan fingerprint density at radius 1 is 1.37 bits per heavy atom. The van der Waals surface area contributed by atoms with Crippen molar-refractivity contribution in [3.05, 3.63) is 34.9 Å². The third-order valence-electron chi connectivity index (χ3n) is 3.53. The minimum atomic E-state index is -0.863. The molecule has 1 fully saturated rings. The van der Waals surface area contributed by atoms with E-state index in [2.05, 4.69) is 5.32 Å². The SMILES string of the molecule is Cc1ccc(C(=O)NC(CC(=O)O)C2CC2)c(C)c1. The highest BCUT2D eigenvalue weighted by molar-refractivity contribution is 5.96. The fraction of sp³-hybridized carbons (Fsp3) is 0.467. The molecule has 0 aliphatic heterocycles. The van der Waals surface area contributed by atoms with Crippen LogP contribution in [0.15, 0.2) is 18.2 Å². The number of amides is 1. The molecule has 1 unspecified atom stereocenters. The lowest BCUT2D eigenvalue weighted by Crippen LogP contribution is -2.38. The van der Waals surface area contributed by atoms with Crippen LogP contribution in [0, 0.1) is 19.8 Å². The quantitative estimate of drug-likeness (QED) is 0.854. The molecule has 1 saturated carbocycles. The lowest BCUT2D eigenvalue weighted by molar-refractivity contribution is -0.137. The Labute approximate surface area is 112 Å². The van der Waals surface area contributed by atoms with Crippen LogP contribution in [0.3, 0.4) is 0 Å². The van der Waals surface area contributed by atoms with Crippen molar-refractivity contribution in [2.24, 2.45) is 5.92 Å². The van der Waals surface area contributed by atoms with Gasteiger partial charge in [-0.1, -0.05) is 17.7 Å². The molecule has 1 amide bonds. The minimum absolute atomic E-state index is 0.00131. The first-order chi connectivity index (χ1) is 8.97. The van der Waals surface area contributed by atoms with E-state index in [0.717, 1.165) is 24.0 Å². The normalized spacial score (nSPS) is 15.9. The number of carboxylic acid groups (broad SMARTS) is 1. The van der Waals surface area contributed by atoms with Gasteiger partial charge in [-0.3, -0.25) is 9.59 Å². The monoisotopic (exact) mass is 261 g/mol. The predicted molar refractivity (Wildman–Crippen MR) is 72.1 cm³/mol. The highest BCUT2D eigenvalue weighted by Crippen LogP contribution is 2.34. The molecule has 1 aliphatic carbocycles. The summed E-state index contributed by atoms with van der Waals surface area (Å²) in [7, 11) is 0. The maximum Gasteiger partial charge on any atom is 0.305 e. The number of carbonyl (C=O) groups is 2. The van der Waals surface area contributed by atoms with Crippen LogP contribution in [-0.4, -0.2) is 23.0 Å². The van der Waals surface area contributed by atoms with Crippen molar-refractivity contribution in [2.45, 2.75) is 39.2 Å². The Hall–Kier alpha value is -1.84. The zero-order chi connectivity index (χ0) is 14.0. The summed E-state index contributed by atoms with van der Waals surface area (Å²) >= 11 is 0. The maximum absolute atomic E-state index is 12.2. The average molecular weight is 261 g/mol. The van der Waals surface area contributed by atoms with Crippen molar-refractivity contribution in [1.29, 1.82) is 0 Å². The predicted octanol–water partition coefficient (Wildman–Crippen LogP) is 2.29. The van der Waals surface area contributed by atoms with Gasteiger partial charge in [0.1, 0.15) is 0 Å². The lowest BCUT2D eigenvalue weighted by atomic mass is 10.0. The van der Waals surface area contributed by atoms with Gasteiger partial charge in [0.05, 0.1) is 6.42 Å². The molecular formula is C15H19NO3. The molecular weight excluding hydrogens is 242 g/mol. The van der Waals surface area contributed by atoms with Crippen LogP contribution in [-0.2, 0) is 4.79 Å². The molecule has 2 N–H and O–H groups in total. The first kappa shape index (κ1) is 13.6. The Morgan fingerprint density at radius 3 is 2.58 bits per heavy atom. The van der Waals surface area contributed by atoms with Gasteiger partial charge in [0.2, 0.25) is 0 Å². The lowest BCUT2D eigenvalue weighted by Gasteiger charge is -2.17. The Bertz CT molecular complexity index is 506. The second-order valence-electron chi connectivity index (χ2n) is 5.33. The second-order valence-corrected chi connectivity index (χ2v) is 5.33. The standard InChI is InChI=1S/C15H19NO3/c1-9-3-6-12(10(2)7-9)15(19)16-13(8-14(17)18)11-4-5-11/h3,6-7,11,13H,4-5,8H2,1-2H3,(H,16,19)(H,17,18). The summed E-state index contributed by atoms with van der Waals surface area (Å²) in [5.41, 5.74) is 2.65. The van der Waals surface area contributed by atoms with E-state index in [9.17, 15) is 9.59 Å². The molecule has 19 heavy (non-hydrogen) atoms. The van der Waals surface area contributed by atoms with Crippen molar-refractivity contribution < 1.29 is 14.7 Å². The van der Waals surface area contributed by atoms with E-state index < -0.39 is 5.97 Å². The van der Waals surface area contributed by atoms with Gasteiger partial charge in [-0.05, 0) is 44.2 Å². The van der Waals surface area contributed by atoms with Crippen molar-refractivity contribution in [2.75, 3.05) is 0 Å². The Morgan fingerprint density at radius 2 is 2.05 bits per heavy atom. The molecule has 1 atom stereocenters. The van der Waals surface area contributed by atoms with E-state index in [4.69, 9.17) is 5.11 Å². The van der Waals surface area contributed by atoms with Gasteiger partial charge in [-0.25, -0.2) is 0 Å². The fourth-order valence-electron chi connectivity index (χ4n) is 2.34. The zero-order valence-corrected chi connectivity index (χ0v) is 11.3. The van der Waals surface area contributed by atoms with Gasteiger partial charge < -0.3 is 10.4 Å². The van der Waals surface area contributed by atoms with Crippen LogP contribution >= 0.6 is 0 Å². The molecule has 0 bridgehead atoms. The third kappa shape index (κ3) is 3.56. The minimum Gasteiger partial charge on any atom is -0.481 e. The largest absolute Gasteiger partial charge is 0.481 e. The number of aryl methyl sites for hydroxylation is 2. The summed E-state index contributed by atoms with van der Waals surface area (Å²) in [6.07, 6.45) is 2.01. The Kier molecular flexibility index (Phi) is 3.88. The number of aliphatic carboxylic acids is 1. The van der Waals surface area contributed by atoms with E-state index in [1.807, 2.05) is 26.0 Å². The number of hydrogen-bond acceptors (Lipinski definition) is 2. The number of carbonyl (C=O) groups excluding carboxylic acids is 1. The van der Waals surface area contributed by atoms with Gasteiger partial charge in [0.25, 0.3) is 5.91 Å². The topological polar surface area (TPSA) is 66.4 Å². The molecule has 4 nitrogen and oxygen atoms in total. The second kappa shape index (κ2) is 5.43. The van der Waals surface area contributed by atoms with E-state index in [-0.39, 0.29) is 18.4 Å². The number of rotatable bonds is 5. The fourth-order valence-corrected chi connectivity index (χ4v) is 2.34. The molecule has 0 spiro atoms. The number of hydrogen-bond donors (Lipinski definition) is 2. The third-order valence-corrected chi connectivity index (χ3v) is 3.53. The first-order valence-electron chi connectivity index (χ1n) is 6.57. The highest BCUT2D eigenvalue weighted by atomic mass is 16.4. The Balaban J connectivity index is 2.08. The van der Waals surface area contributed by atoms with Crippen LogP contribution in [0.25, 0.3) is 0 Å². The number of carboxylic acids is 1. The van der Waals surface area contributed by atoms with Gasteiger partial charge >= 0.3 is 5.97 Å². The van der Waals surface area contributed by atoms with Crippen LogP contribution < -0.4 is 5.32 Å². The van der Waals surface area contributed by atoms with Gasteiger partial charge in [-0.15, -0.1) is 0 Å². The van der Waals surface area contributed by atoms with Crippen molar-refractivity contribution >= 4 is 11.9 Å². The summed E-state index contributed by atoms with van der Waals surface area (Å²) < 4.78 is 0. The zero-order valence-electron chi connectivity index (χ0n) is 11.3. The molecule has 1 aromatic carbocycles. The van der Waals surface area contributed by atoms with E-state index in [1.165, 1.54) is 0 Å². The van der Waals surface area contributed by atoms with Crippen molar-refractivity contribution in [3.8, 4) is 0 Å². The van der Waals surface area contributed by atoms with Crippen LogP contribution in [0.2, 0.25) is 0 Å². The number of nitrogens with one attached hydrogen (secondary N) is 1. The smallest absolute Gasteiger partial charge is 0.305 e.